The van der Waals surface area contributed by atoms with Crippen molar-refractivity contribution in [3.05, 3.63) is 21.6 Å². The van der Waals surface area contributed by atoms with E-state index in [4.69, 9.17) is 5.11 Å². The van der Waals surface area contributed by atoms with Crippen molar-refractivity contribution in [1.29, 1.82) is 0 Å². The third kappa shape index (κ3) is 2.67. The van der Waals surface area contributed by atoms with Gasteiger partial charge in [-0.1, -0.05) is 0 Å². The summed E-state index contributed by atoms with van der Waals surface area (Å²) in [6, 6.07) is 1.44. The fourth-order valence-electron chi connectivity index (χ4n) is 0.819. The molecule has 1 aromatic heterocycles. The van der Waals surface area contributed by atoms with Gasteiger partial charge in [0.25, 0.3) is 0 Å². The molecule has 72 valence electrons. The molecule has 0 aromatic carbocycles. The minimum absolute atomic E-state index is 0.0608. The molecule has 0 aliphatic rings. The van der Waals surface area contributed by atoms with Crippen LogP contribution in [0.25, 0.3) is 0 Å². The van der Waals surface area contributed by atoms with E-state index in [0.717, 1.165) is 0 Å². The normalized spacial score (nSPS) is 12.5. The zero-order valence-corrected chi connectivity index (χ0v) is 7.87. The van der Waals surface area contributed by atoms with E-state index in [0.29, 0.717) is 11.5 Å². The van der Waals surface area contributed by atoms with Gasteiger partial charge < -0.3 is 10.4 Å². The largest absolute Gasteiger partial charge is 0.392 e. The zero-order valence-electron chi connectivity index (χ0n) is 7.06. The molecule has 0 unspecified atom stereocenters. The lowest BCUT2D eigenvalue weighted by Gasteiger charge is -2.04. The number of nitro groups is 1. The lowest BCUT2D eigenvalue weighted by molar-refractivity contribution is -0.383. The molecule has 0 bridgehead atoms. The van der Waals surface area contributed by atoms with Crippen molar-refractivity contribution >= 4 is 22.0 Å². The van der Waals surface area contributed by atoms with Crippen LogP contribution in [0, 0.1) is 10.1 Å². The van der Waals surface area contributed by atoms with Crippen LogP contribution in [0.2, 0.25) is 0 Å². The van der Waals surface area contributed by atoms with Gasteiger partial charge in [0, 0.05) is 12.6 Å². The molecule has 13 heavy (non-hydrogen) atoms. The van der Waals surface area contributed by atoms with E-state index in [2.05, 4.69) is 5.32 Å². The molecule has 0 saturated heterocycles. The van der Waals surface area contributed by atoms with Gasteiger partial charge in [0.05, 0.1) is 11.0 Å². The van der Waals surface area contributed by atoms with Gasteiger partial charge in [-0.2, -0.15) is 0 Å². The number of hydrogen-bond acceptors (Lipinski definition) is 5. The summed E-state index contributed by atoms with van der Waals surface area (Å²) < 4.78 is 0. The summed E-state index contributed by atoms with van der Waals surface area (Å²) in [6.45, 7) is 1.94. The number of anilines is 1. The Morgan fingerprint density at radius 3 is 3.08 bits per heavy atom. The van der Waals surface area contributed by atoms with Crippen LogP contribution in [-0.4, -0.2) is 22.7 Å². The van der Waals surface area contributed by atoms with Crippen molar-refractivity contribution in [3.8, 4) is 0 Å². The molecule has 0 aliphatic carbocycles. The average molecular weight is 202 g/mol. The molecule has 0 fully saturated rings. The summed E-state index contributed by atoms with van der Waals surface area (Å²) in [4.78, 5) is 9.99. The fraction of sp³-hybridized carbons (Fsp3) is 0.429. The summed E-state index contributed by atoms with van der Waals surface area (Å²) in [5.41, 5.74) is 0.0608. The Morgan fingerprint density at radius 2 is 2.54 bits per heavy atom. The standard InChI is InChI=1S/C7H10N2O3S/c1-5(10)4-8-7-6(9(11)12)2-3-13-7/h2-3,5,8,10H,4H2,1H3/t5-/m1/s1. The average Bonchev–Trinajstić information content (AvgIpc) is 2.47. The van der Waals surface area contributed by atoms with Gasteiger partial charge in [0.15, 0.2) is 5.00 Å². The Hall–Kier alpha value is -1.14. The molecule has 0 radical (unpaired) electrons. The van der Waals surface area contributed by atoms with Crippen molar-refractivity contribution in [2.75, 3.05) is 11.9 Å². The van der Waals surface area contributed by atoms with Crippen LogP contribution >= 0.6 is 11.3 Å². The SMILES string of the molecule is C[C@@H](O)CNc1sccc1[N+](=O)[O-]. The van der Waals surface area contributed by atoms with Gasteiger partial charge in [-0.05, 0) is 12.3 Å². The molecule has 1 heterocycles. The maximum atomic E-state index is 10.4. The van der Waals surface area contributed by atoms with Gasteiger partial charge in [0.1, 0.15) is 0 Å². The lowest BCUT2D eigenvalue weighted by Crippen LogP contribution is -2.15. The number of nitrogens with one attached hydrogen (secondary N) is 1. The molecule has 1 rings (SSSR count). The van der Waals surface area contributed by atoms with Gasteiger partial charge in [0.2, 0.25) is 0 Å². The number of hydrogen-bond donors (Lipinski definition) is 2. The molecular formula is C7H10N2O3S. The zero-order chi connectivity index (χ0) is 9.84. The van der Waals surface area contributed by atoms with Crippen molar-refractivity contribution in [2.24, 2.45) is 0 Å². The molecule has 0 aliphatic heterocycles. The van der Waals surface area contributed by atoms with Crippen molar-refractivity contribution in [1.82, 2.24) is 0 Å². The van der Waals surface area contributed by atoms with Crippen LogP contribution in [-0.2, 0) is 0 Å². The van der Waals surface area contributed by atoms with Crippen LogP contribution < -0.4 is 5.32 Å². The first-order valence-electron chi connectivity index (χ1n) is 3.75. The maximum absolute atomic E-state index is 10.4. The minimum atomic E-state index is -0.512. The fourth-order valence-corrected chi connectivity index (χ4v) is 1.58. The van der Waals surface area contributed by atoms with Crippen LogP contribution in [0.1, 0.15) is 6.92 Å². The van der Waals surface area contributed by atoms with Gasteiger partial charge in [-0.25, -0.2) is 0 Å². The summed E-state index contributed by atoms with van der Waals surface area (Å²) in [7, 11) is 0. The number of rotatable bonds is 4. The molecule has 0 spiro atoms. The molecule has 1 aromatic rings. The second kappa shape index (κ2) is 4.20. The molecule has 0 saturated carbocycles. The quantitative estimate of drug-likeness (QED) is 0.572. The Bertz CT molecular complexity index is 298. The third-order valence-corrected chi connectivity index (χ3v) is 2.26. The first kappa shape index (κ1) is 9.94. The van der Waals surface area contributed by atoms with E-state index in [9.17, 15) is 10.1 Å². The highest BCUT2D eigenvalue weighted by atomic mass is 32.1. The van der Waals surface area contributed by atoms with E-state index in [1.54, 1.807) is 12.3 Å². The molecular weight excluding hydrogens is 192 g/mol. The van der Waals surface area contributed by atoms with E-state index in [-0.39, 0.29) is 5.69 Å². The second-order valence-corrected chi connectivity index (χ2v) is 3.54. The first-order chi connectivity index (χ1) is 6.11. The smallest absolute Gasteiger partial charge is 0.303 e. The van der Waals surface area contributed by atoms with Gasteiger partial charge in [-0.3, -0.25) is 10.1 Å². The van der Waals surface area contributed by atoms with Crippen LogP contribution in [0.5, 0.6) is 0 Å². The van der Waals surface area contributed by atoms with Crippen LogP contribution in [0.3, 0.4) is 0 Å². The van der Waals surface area contributed by atoms with Crippen molar-refractivity contribution in [2.45, 2.75) is 13.0 Å². The van der Waals surface area contributed by atoms with Crippen molar-refractivity contribution < 1.29 is 10.0 Å². The highest BCUT2D eigenvalue weighted by Gasteiger charge is 2.14. The molecule has 0 amide bonds. The van der Waals surface area contributed by atoms with Crippen molar-refractivity contribution in [3.63, 3.8) is 0 Å². The number of aliphatic hydroxyl groups excluding tert-OH is 1. The van der Waals surface area contributed by atoms with E-state index in [1.165, 1.54) is 17.4 Å². The topological polar surface area (TPSA) is 75.4 Å². The summed E-state index contributed by atoms with van der Waals surface area (Å²) in [6.07, 6.45) is -0.512. The van der Waals surface area contributed by atoms with E-state index < -0.39 is 11.0 Å². The summed E-state index contributed by atoms with van der Waals surface area (Å²) >= 11 is 1.26. The molecule has 1 atom stereocenters. The number of aliphatic hydroxyl groups is 1. The molecule has 6 heteroatoms. The highest BCUT2D eigenvalue weighted by Crippen LogP contribution is 2.29. The Kier molecular flexibility index (Phi) is 3.21. The predicted octanol–water partition coefficient (Wildman–Crippen LogP) is 1.45. The number of nitrogens with zero attached hydrogens (tertiary/aromatic N) is 1. The van der Waals surface area contributed by atoms with Gasteiger partial charge in [-0.15, -0.1) is 11.3 Å². The number of thiophene rings is 1. The first-order valence-corrected chi connectivity index (χ1v) is 4.63. The monoisotopic (exact) mass is 202 g/mol. The molecule has 5 nitrogen and oxygen atoms in total. The molecule has 2 N–H and O–H groups in total. The minimum Gasteiger partial charge on any atom is -0.392 e. The van der Waals surface area contributed by atoms with E-state index in [1.807, 2.05) is 0 Å². The Labute approximate surface area is 79.2 Å². The van der Waals surface area contributed by atoms with Gasteiger partial charge >= 0.3 is 5.69 Å². The van der Waals surface area contributed by atoms with Crippen LogP contribution in [0.15, 0.2) is 11.4 Å². The summed E-state index contributed by atoms with van der Waals surface area (Å²) in [5.74, 6) is 0. The predicted molar refractivity (Wildman–Crippen MR) is 51.1 cm³/mol. The summed E-state index contributed by atoms with van der Waals surface area (Å²) in [5, 5.41) is 24.3. The van der Waals surface area contributed by atoms with E-state index >= 15 is 0 Å². The Balaban J connectivity index is 2.65. The Morgan fingerprint density at radius 1 is 1.85 bits per heavy atom. The maximum Gasteiger partial charge on any atom is 0.303 e. The lowest BCUT2D eigenvalue weighted by atomic mass is 10.4. The second-order valence-electron chi connectivity index (χ2n) is 2.62. The third-order valence-electron chi connectivity index (χ3n) is 1.40. The van der Waals surface area contributed by atoms with Crippen LogP contribution in [0.4, 0.5) is 10.7 Å². The highest BCUT2D eigenvalue weighted by molar-refractivity contribution is 7.14.